The molecule has 0 radical (unpaired) electrons. The number of ether oxygens (including phenoxy) is 1. The zero-order chi connectivity index (χ0) is 21.8. The summed E-state index contributed by atoms with van der Waals surface area (Å²) in [6.07, 6.45) is 0.811. The van der Waals surface area contributed by atoms with Gasteiger partial charge in [-0.2, -0.15) is 0 Å². The largest absolute Gasteiger partial charge is 0.494 e. The van der Waals surface area contributed by atoms with Crippen LogP contribution in [-0.2, 0) is 23.0 Å². The molecule has 1 aliphatic rings. The lowest BCUT2D eigenvalue weighted by Gasteiger charge is -2.29. The monoisotopic (exact) mass is 436 g/mol. The van der Waals surface area contributed by atoms with Crippen LogP contribution in [0.1, 0.15) is 28.4 Å². The van der Waals surface area contributed by atoms with E-state index in [0.717, 1.165) is 12.0 Å². The second kappa shape index (κ2) is 8.81. The van der Waals surface area contributed by atoms with Crippen molar-refractivity contribution in [2.45, 2.75) is 24.8 Å². The molecule has 0 atom stereocenters. The molecular formula is C24H24N2O4S. The molecule has 31 heavy (non-hydrogen) atoms. The third kappa shape index (κ3) is 4.72. The van der Waals surface area contributed by atoms with Gasteiger partial charge in [0.1, 0.15) is 5.75 Å². The fourth-order valence-electron chi connectivity index (χ4n) is 3.66. The predicted octanol–water partition coefficient (Wildman–Crippen LogP) is 4.08. The number of anilines is 1. The smallest absolute Gasteiger partial charge is 0.261 e. The Morgan fingerprint density at radius 2 is 1.74 bits per heavy atom. The van der Waals surface area contributed by atoms with Gasteiger partial charge in [-0.25, -0.2) is 8.42 Å². The maximum Gasteiger partial charge on any atom is 0.261 e. The van der Waals surface area contributed by atoms with Gasteiger partial charge in [0.2, 0.25) is 0 Å². The van der Waals surface area contributed by atoms with Crippen LogP contribution in [0.25, 0.3) is 0 Å². The number of nitrogens with zero attached hydrogens (tertiary/aromatic N) is 1. The molecule has 0 aromatic heterocycles. The van der Waals surface area contributed by atoms with E-state index in [9.17, 15) is 13.2 Å². The Balaban J connectivity index is 1.50. The molecule has 1 amide bonds. The Kier molecular flexibility index (Phi) is 5.95. The highest BCUT2D eigenvalue weighted by Gasteiger charge is 2.22. The van der Waals surface area contributed by atoms with Gasteiger partial charge < -0.3 is 9.64 Å². The van der Waals surface area contributed by atoms with E-state index in [1.807, 2.05) is 25.1 Å². The molecule has 0 saturated carbocycles. The van der Waals surface area contributed by atoms with Crippen LogP contribution < -0.4 is 9.46 Å². The van der Waals surface area contributed by atoms with Crippen molar-refractivity contribution in [1.29, 1.82) is 0 Å². The molecule has 1 aliphatic heterocycles. The lowest BCUT2D eigenvalue weighted by molar-refractivity contribution is 0.0734. The first-order valence-electron chi connectivity index (χ1n) is 10.2. The normalized spacial score (nSPS) is 13.4. The first-order chi connectivity index (χ1) is 15.0. The zero-order valence-electron chi connectivity index (χ0n) is 17.2. The molecule has 160 valence electrons. The number of amides is 1. The van der Waals surface area contributed by atoms with Crippen LogP contribution in [0, 0.1) is 0 Å². The third-order valence-electron chi connectivity index (χ3n) is 5.22. The van der Waals surface area contributed by atoms with Gasteiger partial charge >= 0.3 is 0 Å². The highest BCUT2D eigenvalue weighted by molar-refractivity contribution is 7.92. The van der Waals surface area contributed by atoms with Crippen LogP contribution in [-0.4, -0.2) is 32.4 Å². The minimum Gasteiger partial charge on any atom is -0.494 e. The number of hydrogen-bond donors (Lipinski definition) is 1. The van der Waals surface area contributed by atoms with Crippen LogP contribution in [0.3, 0.4) is 0 Å². The van der Waals surface area contributed by atoms with Gasteiger partial charge in [-0.3, -0.25) is 9.52 Å². The van der Waals surface area contributed by atoms with E-state index in [1.54, 1.807) is 41.3 Å². The summed E-state index contributed by atoms with van der Waals surface area (Å²) in [4.78, 5) is 15.0. The number of sulfonamides is 1. The first-order valence-corrected chi connectivity index (χ1v) is 11.7. The van der Waals surface area contributed by atoms with Crippen LogP contribution in [0.2, 0.25) is 0 Å². The van der Waals surface area contributed by atoms with Crippen molar-refractivity contribution in [2.24, 2.45) is 0 Å². The van der Waals surface area contributed by atoms with Crippen LogP contribution in [0.15, 0.2) is 77.7 Å². The maximum absolute atomic E-state index is 13.0. The van der Waals surface area contributed by atoms with E-state index in [2.05, 4.69) is 10.8 Å². The van der Waals surface area contributed by atoms with E-state index in [1.165, 1.54) is 17.7 Å². The van der Waals surface area contributed by atoms with Crippen molar-refractivity contribution in [3.63, 3.8) is 0 Å². The van der Waals surface area contributed by atoms with Crippen LogP contribution >= 0.6 is 0 Å². The predicted molar refractivity (Wildman–Crippen MR) is 120 cm³/mol. The van der Waals surface area contributed by atoms with Gasteiger partial charge in [0.05, 0.1) is 11.5 Å². The minimum absolute atomic E-state index is 0.114. The Morgan fingerprint density at radius 3 is 2.48 bits per heavy atom. The number of nitrogens with one attached hydrogen (secondary N) is 1. The molecule has 3 aromatic rings. The summed E-state index contributed by atoms with van der Waals surface area (Å²) in [7, 11) is -3.78. The third-order valence-corrected chi connectivity index (χ3v) is 6.62. The van der Waals surface area contributed by atoms with Gasteiger partial charge in [-0.05, 0) is 66.9 Å². The van der Waals surface area contributed by atoms with Gasteiger partial charge in [0.25, 0.3) is 15.9 Å². The summed E-state index contributed by atoms with van der Waals surface area (Å²) in [6, 6.07) is 20.9. The number of carbonyl (C=O) groups is 1. The molecule has 0 unspecified atom stereocenters. The van der Waals surface area contributed by atoms with Crippen molar-refractivity contribution >= 4 is 21.6 Å². The molecule has 6 nitrogen and oxygen atoms in total. The number of benzene rings is 3. The maximum atomic E-state index is 13.0. The van der Waals surface area contributed by atoms with Crippen molar-refractivity contribution in [2.75, 3.05) is 17.9 Å². The summed E-state index contributed by atoms with van der Waals surface area (Å²) >= 11 is 0. The van der Waals surface area contributed by atoms with Crippen molar-refractivity contribution in [1.82, 2.24) is 4.90 Å². The molecule has 0 aliphatic carbocycles. The molecule has 0 fully saturated rings. The van der Waals surface area contributed by atoms with E-state index in [0.29, 0.717) is 36.7 Å². The minimum atomic E-state index is -3.78. The molecule has 4 rings (SSSR count). The number of fused-ring (bicyclic) bond motifs is 1. The Bertz CT molecular complexity index is 1190. The standard InChI is InChI=1S/C24H24N2O4S/c1-2-30-22-10-12-23(13-11-22)31(28,29)25-21-9-5-8-19(16-21)24(27)26-15-14-18-6-3-4-7-20(18)17-26/h3-13,16,25H,2,14-15,17H2,1H3. The van der Waals surface area contributed by atoms with E-state index in [4.69, 9.17) is 4.74 Å². The Hall–Kier alpha value is -3.32. The molecule has 3 aromatic carbocycles. The molecule has 0 saturated heterocycles. The molecule has 1 N–H and O–H groups in total. The second-order valence-electron chi connectivity index (χ2n) is 7.34. The SMILES string of the molecule is CCOc1ccc(S(=O)(=O)Nc2cccc(C(=O)N3CCc4ccccc4C3)c2)cc1. The average molecular weight is 437 g/mol. The Morgan fingerprint density at radius 1 is 1.00 bits per heavy atom. The fourth-order valence-corrected chi connectivity index (χ4v) is 4.71. The average Bonchev–Trinajstić information content (AvgIpc) is 2.79. The van der Waals surface area contributed by atoms with Gasteiger partial charge in [0.15, 0.2) is 0 Å². The van der Waals surface area contributed by atoms with Crippen LogP contribution in [0.4, 0.5) is 5.69 Å². The summed E-state index contributed by atoms with van der Waals surface area (Å²) in [5.41, 5.74) is 3.21. The summed E-state index contributed by atoms with van der Waals surface area (Å²) in [5, 5.41) is 0. The topological polar surface area (TPSA) is 75.7 Å². The first kappa shape index (κ1) is 20.9. The highest BCUT2D eigenvalue weighted by atomic mass is 32.2. The van der Waals surface area contributed by atoms with E-state index in [-0.39, 0.29) is 10.8 Å². The number of carbonyl (C=O) groups excluding carboxylic acids is 1. The highest BCUT2D eigenvalue weighted by Crippen LogP contribution is 2.23. The van der Waals surface area contributed by atoms with Gasteiger partial charge in [-0.15, -0.1) is 0 Å². The molecule has 0 spiro atoms. The summed E-state index contributed by atoms with van der Waals surface area (Å²) in [5.74, 6) is 0.494. The molecular weight excluding hydrogens is 412 g/mol. The van der Waals surface area contributed by atoms with Gasteiger partial charge in [-0.1, -0.05) is 30.3 Å². The lowest BCUT2D eigenvalue weighted by Crippen LogP contribution is -2.35. The quantitative estimate of drug-likeness (QED) is 0.632. The number of rotatable bonds is 6. The fraction of sp³-hybridized carbons (Fsp3) is 0.208. The molecule has 0 bridgehead atoms. The van der Waals surface area contributed by atoms with Crippen LogP contribution in [0.5, 0.6) is 5.75 Å². The van der Waals surface area contributed by atoms with Crippen molar-refractivity contribution < 1.29 is 17.9 Å². The van der Waals surface area contributed by atoms with Gasteiger partial charge in [0, 0.05) is 24.3 Å². The molecule has 7 heteroatoms. The molecule has 1 heterocycles. The second-order valence-corrected chi connectivity index (χ2v) is 9.02. The van der Waals surface area contributed by atoms with Crippen molar-refractivity contribution in [3.8, 4) is 5.75 Å². The summed E-state index contributed by atoms with van der Waals surface area (Å²) in [6.45, 7) is 3.56. The van der Waals surface area contributed by atoms with E-state index < -0.39 is 10.0 Å². The number of hydrogen-bond acceptors (Lipinski definition) is 4. The lowest BCUT2D eigenvalue weighted by atomic mass is 9.99. The van der Waals surface area contributed by atoms with Crippen molar-refractivity contribution in [3.05, 3.63) is 89.5 Å². The van der Waals surface area contributed by atoms with E-state index >= 15 is 0 Å². The zero-order valence-corrected chi connectivity index (χ0v) is 18.1. The Labute approximate surface area is 182 Å². The summed E-state index contributed by atoms with van der Waals surface area (Å²) < 4.78 is 33.4.